The fraction of sp³-hybridized carbons (Fsp3) is 0.729. The van der Waals surface area contributed by atoms with Crippen molar-refractivity contribution in [3.8, 4) is 0 Å². The third-order valence-corrected chi connectivity index (χ3v) is 10.6. The minimum Gasteiger partial charge on any atom is -0.365 e. The van der Waals surface area contributed by atoms with Crippen LogP contribution in [-0.2, 0) is 11.2 Å². The molecule has 1 saturated heterocycles. The SMILES string of the molecule is CCCCCC=CCC=CCCCCCCCCC(O)(CCCCCCCCC=CCC=CCCCCC)OC1CCN(CCc2cccnc2)C1. The van der Waals surface area contributed by atoms with Gasteiger partial charge in [-0.25, -0.2) is 0 Å². The van der Waals surface area contributed by atoms with Crippen molar-refractivity contribution in [3.63, 3.8) is 0 Å². The van der Waals surface area contributed by atoms with Crippen LogP contribution in [0.1, 0.15) is 193 Å². The summed E-state index contributed by atoms with van der Waals surface area (Å²) in [5, 5.41) is 11.8. The molecule has 1 aliphatic rings. The average Bonchev–Trinajstić information content (AvgIpc) is 3.60. The molecule has 296 valence electrons. The van der Waals surface area contributed by atoms with Crippen LogP contribution in [0.15, 0.2) is 73.1 Å². The summed E-state index contributed by atoms with van der Waals surface area (Å²) in [4.78, 5) is 6.77. The topological polar surface area (TPSA) is 45.6 Å². The van der Waals surface area contributed by atoms with Gasteiger partial charge in [-0.1, -0.05) is 146 Å². The zero-order valence-corrected chi connectivity index (χ0v) is 34.2. The summed E-state index contributed by atoms with van der Waals surface area (Å²) < 4.78 is 6.61. The fourth-order valence-corrected chi connectivity index (χ4v) is 7.26. The number of likely N-dealkylation sites (tertiary alicyclic amines) is 1. The number of aliphatic hydroxyl groups is 1. The van der Waals surface area contributed by atoms with Gasteiger partial charge >= 0.3 is 0 Å². The quantitative estimate of drug-likeness (QED) is 0.0431. The van der Waals surface area contributed by atoms with Crippen LogP contribution in [0.3, 0.4) is 0 Å². The first-order valence-electron chi connectivity index (χ1n) is 22.3. The average molecular weight is 719 g/mol. The highest BCUT2D eigenvalue weighted by molar-refractivity contribution is 5.08. The molecule has 0 bridgehead atoms. The standard InChI is InChI=1S/C48H82N2O2/c1-3-5-7-9-11-13-15-17-19-21-23-25-27-29-31-33-39-48(51,52-47-38-43-50(45-47)42-37-46-36-35-41-49-44-46)40-34-32-30-28-26-24-22-20-18-16-14-12-10-8-6-4-2/h11-14,17-20,35-36,41,44,47,51H,3-10,15-16,21-34,37-40,42-43,45H2,1-2H3. The van der Waals surface area contributed by atoms with Gasteiger partial charge in [-0.2, -0.15) is 0 Å². The van der Waals surface area contributed by atoms with Gasteiger partial charge in [0, 0.05) is 44.9 Å². The minimum absolute atomic E-state index is 0.133. The van der Waals surface area contributed by atoms with Gasteiger partial charge in [0.2, 0.25) is 0 Å². The fourth-order valence-electron chi connectivity index (χ4n) is 7.26. The van der Waals surface area contributed by atoms with Crippen molar-refractivity contribution >= 4 is 0 Å². The molecule has 0 saturated carbocycles. The monoisotopic (exact) mass is 719 g/mol. The molecule has 1 aliphatic heterocycles. The second kappa shape index (κ2) is 33.6. The number of nitrogens with zero attached hydrogens (tertiary/aromatic N) is 2. The number of hydrogen-bond donors (Lipinski definition) is 1. The van der Waals surface area contributed by atoms with E-state index >= 15 is 0 Å². The first-order valence-corrected chi connectivity index (χ1v) is 22.3. The van der Waals surface area contributed by atoms with Gasteiger partial charge in [0.1, 0.15) is 0 Å². The van der Waals surface area contributed by atoms with Crippen LogP contribution in [0.25, 0.3) is 0 Å². The van der Waals surface area contributed by atoms with E-state index < -0.39 is 5.79 Å². The van der Waals surface area contributed by atoms with E-state index in [-0.39, 0.29) is 6.10 Å². The minimum atomic E-state index is -0.978. The number of ether oxygens (including phenoxy) is 1. The van der Waals surface area contributed by atoms with Crippen molar-refractivity contribution in [1.82, 2.24) is 9.88 Å². The Bertz CT molecular complexity index is 984. The second-order valence-electron chi connectivity index (χ2n) is 15.6. The van der Waals surface area contributed by atoms with Crippen molar-refractivity contribution in [1.29, 1.82) is 0 Å². The van der Waals surface area contributed by atoms with E-state index in [1.54, 1.807) is 0 Å². The number of pyridine rings is 1. The maximum absolute atomic E-state index is 11.8. The summed E-state index contributed by atoms with van der Waals surface area (Å²) in [5.41, 5.74) is 1.29. The maximum atomic E-state index is 11.8. The van der Waals surface area contributed by atoms with Gasteiger partial charge < -0.3 is 14.7 Å². The number of allylic oxidation sites excluding steroid dienone is 8. The van der Waals surface area contributed by atoms with E-state index in [4.69, 9.17) is 4.74 Å². The van der Waals surface area contributed by atoms with Gasteiger partial charge in [0.05, 0.1) is 6.10 Å². The first-order chi connectivity index (χ1) is 25.6. The molecular weight excluding hydrogens is 637 g/mol. The molecule has 0 radical (unpaired) electrons. The molecule has 1 atom stereocenters. The van der Waals surface area contributed by atoms with Gasteiger partial charge in [0.25, 0.3) is 0 Å². The van der Waals surface area contributed by atoms with Gasteiger partial charge in [-0.3, -0.25) is 4.98 Å². The third-order valence-electron chi connectivity index (χ3n) is 10.6. The van der Waals surface area contributed by atoms with E-state index in [9.17, 15) is 5.11 Å². The van der Waals surface area contributed by atoms with Crippen LogP contribution in [0.5, 0.6) is 0 Å². The molecule has 1 N–H and O–H groups in total. The molecule has 0 aromatic carbocycles. The molecule has 4 nitrogen and oxygen atoms in total. The lowest BCUT2D eigenvalue weighted by atomic mass is 9.98. The maximum Gasteiger partial charge on any atom is 0.165 e. The van der Waals surface area contributed by atoms with Crippen LogP contribution in [-0.4, -0.2) is 46.5 Å². The summed E-state index contributed by atoms with van der Waals surface area (Å²) in [5.74, 6) is -0.978. The Labute approximate surface area is 322 Å². The Hall–Kier alpha value is -2.01. The van der Waals surface area contributed by atoms with E-state index in [0.717, 1.165) is 71.0 Å². The van der Waals surface area contributed by atoms with Crippen LogP contribution in [0.2, 0.25) is 0 Å². The first kappa shape index (κ1) is 46.1. The molecule has 0 amide bonds. The van der Waals surface area contributed by atoms with Crippen molar-refractivity contribution in [2.75, 3.05) is 19.6 Å². The smallest absolute Gasteiger partial charge is 0.165 e. The Kier molecular flexibility index (Phi) is 29.8. The summed E-state index contributed by atoms with van der Waals surface area (Å²) in [6.07, 6.45) is 56.0. The summed E-state index contributed by atoms with van der Waals surface area (Å²) in [7, 11) is 0. The molecule has 0 spiro atoms. The van der Waals surface area contributed by atoms with Gasteiger partial charge in [0.15, 0.2) is 5.79 Å². The Balaban J connectivity index is 1.62. The predicted octanol–water partition coefficient (Wildman–Crippen LogP) is 13.8. The van der Waals surface area contributed by atoms with Crippen molar-refractivity contribution in [3.05, 3.63) is 78.7 Å². The molecule has 1 unspecified atom stereocenters. The lowest BCUT2D eigenvalue weighted by molar-refractivity contribution is -0.236. The van der Waals surface area contributed by atoms with Crippen LogP contribution in [0, 0.1) is 0 Å². The second-order valence-corrected chi connectivity index (χ2v) is 15.6. The molecule has 1 aromatic heterocycles. The third kappa shape index (κ3) is 26.7. The van der Waals surface area contributed by atoms with Gasteiger partial charge in [-0.15, -0.1) is 0 Å². The lowest BCUT2D eigenvalue weighted by Crippen LogP contribution is -2.38. The summed E-state index contributed by atoms with van der Waals surface area (Å²) in [6, 6.07) is 4.18. The highest BCUT2D eigenvalue weighted by atomic mass is 16.6. The molecule has 4 heteroatoms. The number of rotatable bonds is 35. The summed E-state index contributed by atoms with van der Waals surface area (Å²) in [6.45, 7) is 7.54. The van der Waals surface area contributed by atoms with Crippen LogP contribution in [0.4, 0.5) is 0 Å². The summed E-state index contributed by atoms with van der Waals surface area (Å²) >= 11 is 0. The molecule has 52 heavy (non-hydrogen) atoms. The Morgan fingerprint density at radius 2 is 1.15 bits per heavy atom. The zero-order chi connectivity index (χ0) is 37.1. The van der Waals surface area contributed by atoms with Gasteiger partial charge in [-0.05, 0) is 102 Å². The molecule has 2 heterocycles. The van der Waals surface area contributed by atoms with Crippen LogP contribution < -0.4 is 0 Å². The molecular formula is C48H82N2O2. The van der Waals surface area contributed by atoms with Crippen LogP contribution >= 0.6 is 0 Å². The predicted molar refractivity (Wildman–Crippen MR) is 227 cm³/mol. The molecule has 1 aromatic rings. The van der Waals surface area contributed by atoms with Crippen molar-refractivity contribution in [2.24, 2.45) is 0 Å². The normalized spacial score (nSPS) is 16.8. The number of hydrogen-bond acceptors (Lipinski definition) is 4. The highest BCUT2D eigenvalue weighted by Crippen LogP contribution is 2.29. The zero-order valence-electron chi connectivity index (χ0n) is 34.2. The van der Waals surface area contributed by atoms with E-state index in [1.165, 1.54) is 134 Å². The Morgan fingerprint density at radius 1 is 0.673 bits per heavy atom. The van der Waals surface area contributed by atoms with E-state index in [1.807, 2.05) is 18.5 Å². The van der Waals surface area contributed by atoms with E-state index in [2.05, 4.69) is 78.4 Å². The lowest BCUT2D eigenvalue weighted by Gasteiger charge is -2.32. The highest BCUT2D eigenvalue weighted by Gasteiger charge is 2.33. The Morgan fingerprint density at radius 3 is 1.63 bits per heavy atom. The molecule has 0 aliphatic carbocycles. The molecule has 1 fully saturated rings. The number of unbranched alkanes of at least 4 members (excludes halogenated alkanes) is 18. The largest absolute Gasteiger partial charge is 0.365 e. The van der Waals surface area contributed by atoms with Crippen molar-refractivity contribution in [2.45, 2.75) is 206 Å². The van der Waals surface area contributed by atoms with E-state index in [0.29, 0.717) is 0 Å². The van der Waals surface area contributed by atoms with Crippen molar-refractivity contribution < 1.29 is 9.84 Å². The molecule has 2 rings (SSSR count). The number of aromatic nitrogens is 1.